The lowest BCUT2D eigenvalue weighted by atomic mass is 10.0. The zero-order chi connectivity index (χ0) is 14.1. The highest BCUT2D eigenvalue weighted by atomic mass is 35.5. The van der Waals surface area contributed by atoms with E-state index in [-0.39, 0.29) is 16.5 Å². The minimum Gasteiger partial charge on any atom is -0.264 e. The molecule has 0 saturated carbocycles. The van der Waals surface area contributed by atoms with Gasteiger partial charge in [-0.15, -0.1) is 0 Å². The maximum atomic E-state index is 11.2. The van der Waals surface area contributed by atoms with Gasteiger partial charge in [0.15, 0.2) is 5.69 Å². The Hall–Kier alpha value is -2.60. The van der Waals surface area contributed by atoms with Crippen LogP contribution in [0.1, 0.15) is 0 Å². The summed E-state index contributed by atoms with van der Waals surface area (Å²) in [7, 11) is 0. The van der Waals surface area contributed by atoms with E-state index < -0.39 is 4.92 Å². The highest BCUT2D eigenvalue weighted by Crippen LogP contribution is 2.35. The van der Waals surface area contributed by atoms with Crippen LogP contribution in [0.5, 0.6) is 0 Å². The van der Waals surface area contributed by atoms with Crippen molar-refractivity contribution < 1.29 is 4.92 Å². The standard InChI is InChI=1S/C13H7ClN4O2/c14-13-12(18(19)20)11(16-7-17-13)9-3-1-2-8-4-5-15-6-10(8)9/h1-7H. The number of fused-ring (bicyclic) bond motifs is 1. The molecule has 0 amide bonds. The van der Waals surface area contributed by atoms with Gasteiger partial charge in [-0.05, 0) is 11.5 Å². The highest BCUT2D eigenvalue weighted by molar-refractivity contribution is 6.32. The van der Waals surface area contributed by atoms with Crippen molar-refractivity contribution in [2.75, 3.05) is 0 Å². The summed E-state index contributed by atoms with van der Waals surface area (Å²) < 4.78 is 0. The van der Waals surface area contributed by atoms with Gasteiger partial charge in [-0.3, -0.25) is 15.1 Å². The van der Waals surface area contributed by atoms with E-state index in [1.54, 1.807) is 24.5 Å². The molecule has 0 radical (unpaired) electrons. The number of nitrogens with zero attached hydrogens (tertiary/aromatic N) is 4. The minimum absolute atomic E-state index is 0.180. The van der Waals surface area contributed by atoms with E-state index in [1.165, 1.54) is 6.33 Å². The molecule has 2 heterocycles. The van der Waals surface area contributed by atoms with Crippen molar-refractivity contribution in [3.63, 3.8) is 0 Å². The van der Waals surface area contributed by atoms with Gasteiger partial charge in [0.1, 0.15) is 6.33 Å². The smallest absolute Gasteiger partial charge is 0.264 e. The van der Waals surface area contributed by atoms with Crippen LogP contribution in [0.2, 0.25) is 5.15 Å². The zero-order valence-corrected chi connectivity index (χ0v) is 10.8. The fourth-order valence-electron chi connectivity index (χ4n) is 2.04. The molecule has 3 rings (SSSR count). The van der Waals surface area contributed by atoms with Crippen molar-refractivity contribution in [3.8, 4) is 11.3 Å². The maximum absolute atomic E-state index is 11.2. The summed E-state index contributed by atoms with van der Waals surface area (Å²) in [6, 6.07) is 7.27. The predicted molar refractivity (Wildman–Crippen MR) is 74.4 cm³/mol. The Bertz CT molecular complexity index is 817. The Morgan fingerprint density at radius 3 is 2.85 bits per heavy atom. The van der Waals surface area contributed by atoms with Crippen LogP contribution in [0.25, 0.3) is 22.0 Å². The van der Waals surface area contributed by atoms with E-state index in [9.17, 15) is 10.1 Å². The van der Waals surface area contributed by atoms with Crippen molar-refractivity contribution in [3.05, 3.63) is 58.3 Å². The Morgan fingerprint density at radius 1 is 1.20 bits per heavy atom. The zero-order valence-electron chi connectivity index (χ0n) is 10.0. The first kappa shape index (κ1) is 12.4. The molecule has 0 aliphatic carbocycles. The van der Waals surface area contributed by atoms with Crippen molar-refractivity contribution in [1.29, 1.82) is 0 Å². The van der Waals surface area contributed by atoms with Crippen LogP contribution in [-0.4, -0.2) is 19.9 Å². The third kappa shape index (κ3) is 1.96. The highest BCUT2D eigenvalue weighted by Gasteiger charge is 2.23. The minimum atomic E-state index is -0.577. The van der Waals surface area contributed by atoms with Crippen LogP contribution in [0, 0.1) is 10.1 Å². The average molecular weight is 287 g/mol. The van der Waals surface area contributed by atoms with E-state index in [0.717, 1.165) is 10.8 Å². The number of hydrogen-bond donors (Lipinski definition) is 0. The van der Waals surface area contributed by atoms with Crippen molar-refractivity contribution in [2.24, 2.45) is 0 Å². The van der Waals surface area contributed by atoms with Crippen LogP contribution < -0.4 is 0 Å². The molecule has 98 valence electrons. The molecule has 0 spiro atoms. The molecule has 0 unspecified atom stereocenters. The summed E-state index contributed by atoms with van der Waals surface area (Å²) in [5.74, 6) is 0. The molecule has 0 N–H and O–H groups in total. The first-order valence-corrected chi connectivity index (χ1v) is 6.04. The number of halogens is 1. The molecule has 3 aromatic rings. The van der Waals surface area contributed by atoms with Gasteiger partial charge in [-0.1, -0.05) is 29.8 Å². The molecule has 6 nitrogen and oxygen atoms in total. The lowest BCUT2D eigenvalue weighted by molar-refractivity contribution is -0.384. The second kappa shape index (κ2) is 4.82. The fourth-order valence-corrected chi connectivity index (χ4v) is 2.24. The van der Waals surface area contributed by atoms with Gasteiger partial charge >= 0.3 is 5.69 Å². The molecule has 1 aromatic carbocycles. The fraction of sp³-hybridized carbons (Fsp3) is 0. The van der Waals surface area contributed by atoms with E-state index in [1.807, 2.05) is 12.1 Å². The molecule has 2 aromatic heterocycles. The molecular formula is C13H7ClN4O2. The first-order valence-electron chi connectivity index (χ1n) is 5.66. The van der Waals surface area contributed by atoms with Crippen molar-refractivity contribution >= 4 is 28.1 Å². The van der Waals surface area contributed by atoms with Crippen LogP contribution >= 0.6 is 11.6 Å². The number of nitro groups is 1. The van der Waals surface area contributed by atoms with E-state index in [2.05, 4.69) is 15.0 Å². The Morgan fingerprint density at radius 2 is 2.05 bits per heavy atom. The molecule has 0 saturated heterocycles. The average Bonchev–Trinajstić information content (AvgIpc) is 2.46. The van der Waals surface area contributed by atoms with Crippen LogP contribution in [0.3, 0.4) is 0 Å². The van der Waals surface area contributed by atoms with Crippen molar-refractivity contribution in [2.45, 2.75) is 0 Å². The van der Waals surface area contributed by atoms with Gasteiger partial charge in [0, 0.05) is 23.3 Å². The van der Waals surface area contributed by atoms with E-state index in [4.69, 9.17) is 11.6 Å². The SMILES string of the molecule is O=[N+]([O-])c1c(Cl)ncnc1-c1cccc2ccncc12. The van der Waals surface area contributed by atoms with Gasteiger partial charge in [-0.2, -0.15) is 0 Å². The molecule has 0 aliphatic heterocycles. The maximum Gasteiger partial charge on any atom is 0.332 e. The summed E-state index contributed by atoms with van der Waals surface area (Å²) in [5, 5.41) is 12.7. The number of rotatable bonds is 2. The van der Waals surface area contributed by atoms with Gasteiger partial charge in [0.2, 0.25) is 5.15 Å². The van der Waals surface area contributed by atoms with Gasteiger partial charge < -0.3 is 0 Å². The lowest BCUT2D eigenvalue weighted by Gasteiger charge is -2.06. The largest absolute Gasteiger partial charge is 0.332 e. The Labute approximate surface area is 118 Å². The van der Waals surface area contributed by atoms with Gasteiger partial charge in [0.05, 0.1) is 4.92 Å². The lowest BCUT2D eigenvalue weighted by Crippen LogP contribution is -1.98. The summed E-state index contributed by atoms with van der Waals surface area (Å²) in [5.41, 5.74) is 0.491. The second-order valence-electron chi connectivity index (χ2n) is 4.02. The molecule has 0 bridgehead atoms. The third-order valence-corrected chi connectivity index (χ3v) is 3.18. The van der Waals surface area contributed by atoms with Crippen LogP contribution in [0.15, 0.2) is 43.0 Å². The predicted octanol–water partition coefficient (Wildman–Crippen LogP) is 3.25. The summed E-state index contributed by atoms with van der Waals surface area (Å²) >= 11 is 5.82. The Kier molecular flexibility index (Phi) is 3.00. The Balaban J connectivity index is 2.37. The van der Waals surface area contributed by atoms with Crippen LogP contribution in [-0.2, 0) is 0 Å². The molecular weight excluding hydrogens is 280 g/mol. The van der Waals surface area contributed by atoms with Gasteiger partial charge in [0.25, 0.3) is 0 Å². The number of pyridine rings is 1. The topological polar surface area (TPSA) is 81.8 Å². The summed E-state index contributed by atoms with van der Waals surface area (Å²) in [6.45, 7) is 0. The van der Waals surface area contributed by atoms with Gasteiger partial charge in [-0.25, -0.2) is 9.97 Å². The first-order chi connectivity index (χ1) is 9.68. The third-order valence-electron chi connectivity index (χ3n) is 2.90. The molecule has 0 fully saturated rings. The monoisotopic (exact) mass is 286 g/mol. The van der Waals surface area contributed by atoms with Crippen molar-refractivity contribution in [1.82, 2.24) is 15.0 Å². The summed E-state index contributed by atoms with van der Waals surface area (Å²) in [4.78, 5) is 22.3. The number of hydrogen-bond acceptors (Lipinski definition) is 5. The molecule has 0 aliphatic rings. The van der Waals surface area contributed by atoms with E-state index >= 15 is 0 Å². The quantitative estimate of drug-likeness (QED) is 0.410. The number of benzene rings is 1. The second-order valence-corrected chi connectivity index (χ2v) is 4.38. The normalized spacial score (nSPS) is 10.7. The van der Waals surface area contributed by atoms with E-state index in [0.29, 0.717) is 5.56 Å². The van der Waals surface area contributed by atoms with Crippen LogP contribution in [0.4, 0.5) is 5.69 Å². The molecule has 0 atom stereocenters. The number of aromatic nitrogens is 3. The summed E-state index contributed by atoms with van der Waals surface area (Å²) in [6.07, 6.45) is 4.51. The molecule has 7 heteroatoms. The molecule has 20 heavy (non-hydrogen) atoms.